The normalized spacial score (nSPS) is 10.2. The number of aromatic amines is 2. The first-order valence-corrected chi connectivity index (χ1v) is 6.44. The van der Waals surface area contributed by atoms with E-state index in [-0.39, 0.29) is 11.8 Å². The number of hydrogen-bond acceptors (Lipinski definition) is 4. The van der Waals surface area contributed by atoms with Crippen LogP contribution in [0.4, 0.5) is 11.9 Å². The number of carbonyl (C=O) groups excluding carboxylic acids is 2. The predicted octanol–water partition coefficient (Wildman–Crippen LogP) is 1.64. The maximum absolute atomic E-state index is 12.1. The Balaban J connectivity index is 1.74. The van der Waals surface area contributed by atoms with Crippen molar-refractivity contribution in [3.63, 3.8) is 0 Å². The Hall–Kier alpha value is -3.42. The zero-order chi connectivity index (χ0) is 15.4. The van der Waals surface area contributed by atoms with Gasteiger partial charge in [-0.15, -0.1) is 0 Å². The van der Waals surface area contributed by atoms with Crippen LogP contribution in [0, 0.1) is 0 Å². The molecule has 3 aromatic rings. The number of rotatable bonds is 4. The number of nitrogens with zero attached hydrogens (tertiary/aromatic N) is 2. The topological polar surface area (TPSA) is 116 Å². The Morgan fingerprint density at radius 1 is 0.864 bits per heavy atom. The molecule has 0 fully saturated rings. The molecule has 0 saturated heterocycles. The van der Waals surface area contributed by atoms with Crippen molar-refractivity contribution in [1.29, 1.82) is 0 Å². The average molecular weight is 296 g/mol. The molecule has 3 rings (SSSR count). The molecule has 8 heteroatoms. The van der Waals surface area contributed by atoms with E-state index in [1.54, 1.807) is 30.6 Å². The standard InChI is InChI=1S/C14H12N6O2/c21-11(19-13-15-4-5-16-13)9-2-1-3-10(8-9)12(22)20-14-17-6-7-18-14/h1-8H,(H2,15,16,19,21)(H2,17,18,20,22). The third-order valence-electron chi connectivity index (χ3n) is 2.85. The molecule has 0 unspecified atom stereocenters. The van der Waals surface area contributed by atoms with Crippen LogP contribution < -0.4 is 10.6 Å². The second kappa shape index (κ2) is 5.92. The van der Waals surface area contributed by atoms with Crippen LogP contribution in [-0.2, 0) is 0 Å². The van der Waals surface area contributed by atoms with Gasteiger partial charge in [0, 0.05) is 35.9 Å². The number of anilines is 2. The lowest BCUT2D eigenvalue weighted by molar-refractivity contribution is 0.102. The number of nitrogens with one attached hydrogen (secondary N) is 4. The van der Waals surface area contributed by atoms with Crippen LogP contribution in [0.25, 0.3) is 0 Å². The van der Waals surface area contributed by atoms with Crippen molar-refractivity contribution in [1.82, 2.24) is 19.9 Å². The van der Waals surface area contributed by atoms with Gasteiger partial charge in [-0.3, -0.25) is 20.2 Å². The first-order valence-electron chi connectivity index (χ1n) is 6.44. The zero-order valence-corrected chi connectivity index (χ0v) is 11.3. The molecule has 8 nitrogen and oxygen atoms in total. The highest BCUT2D eigenvalue weighted by Gasteiger charge is 2.12. The smallest absolute Gasteiger partial charge is 0.257 e. The summed E-state index contributed by atoms with van der Waals surface area (Å²) in [6, 6.07) is 6.36. The molecule has 0 aliphatic rings. The fraction of sp³-hybridized carbons (Fsp3) is 0. The molecule has 110 valence electrons. The lowest BCUT2D eigenvalue weighted by Gasteiger charge is -2.05. The summed E-state index contributed by atoms with van der Waals surface area (Å²) >= 11 is 0. The number of H-pyrrole nitrogens is 2. The van der Waals surface area contributed by atoms with Gasteiger partial charge in [-0.25, -0.2) is 9.97 Å². The molecule has 22 heavy (non-hydrogen) atoms. The summed E-state index contributed by atoms with van der Waals surface area (Å²) in [6.45, 7) is 0. The van der Waals surface area contributed by atoms with Crippen LogP contribution in [-0.4, -0.2) is 31.8 Å². The van der Waals surface area contributed by atoms with Crippen molar-refractivity contribution >= 4 is 23.7 Å². The van der Waals surface area contributed by atoms with Gasteiger partial charge in [0.15, 0.2) is 0 Å². The number of carbonyl (C=O) groups is 2. The Kier molecular flexibility index (Phi) is 3.65. The number of amides is 2. The van der Waals surface area contributed by atoms with Crippen molar-refractivity contribution < 1.29 is 9.59 Å². The average Bonchev–Trinajstić information content (AvgIpc) is 3.21. The van der Waals surface area contributed by atoms with Gasteiger partial charge in [0.1, 0.15) is 0 Å². The third-order valence-corrected chi connectivity index (χ3v) is 2.85. The summed E-state index contributed by atoms with van der Waals surface area (Å²) in [4.78, 5) is 37.5. The zero-order valence-electron chi connectivity index (χ0n) is 11.3. The van der Waals surface area contributed by atoms with Crippen LogP contribution in [0.15, 0.2) is 49.1 Å². The highest BCUT2D eigenvalue weighted by molar-refractivity contribution is 6.07. The highest BCUT2D eigenvalue weighted by atomic mass is 16.2. The van der Waals surface area contributed by atoms with Crippen LogP contribution in [0.1, 0.15) is 20.7 Å². The molecule has 0 radical (unpaired) electrons. The van der Waals surface area contributed by atoms with Crippen molar-refractivity contribution in [2.24, 2.45) is 0 Å². The lowest BCUT2D eigenvalue weighted by atomic mass is 10.1. The van der Waals surface area contributed by atoms with Crippen LogP contribution in [0.2, 0.25) is 0 Å². The summed E-state index contributed by atoms with van der Waals surface area (Å²) < 4.78 is 0. The van der Waals surface area contributed by atoms with E-state index < -0.39 is 0 Å². The number of hydrogen-bond donors (Lipinski definition) is 4. The van der Waals surface area contributed by atoms with Gasteiger partial charge < -0.3 is 9.97 Å². The van der Waals surface area contributed by atoms with E-state index in [1.807, 2.05) is 0 Å². The Morgan fingerprint density at radius 2 is 1.36 bits per heavy atom. The van der Waals surface area contributed by atoms with Gasteiger partial charge in [-0.1, -0.05) is 6.07 Å². The first-order chi connectivity index (χ1) is 10.7. The molecule has 0 aliphatic heterocycles. The molecule has 2 aromatic heterocycles. The maximum Gasteiger partial charge on any atom is 0.257 e. The number of imidazole rings is 2. The quantitative estimate of drug-likeness (QED) is 0.585. The van der Waals surface area contributed by atoms with Crippen molar-refractivity contribution in [3.8, 4) is 0 Å². The minimum atomic E-state index is -0.359. The Morgan fingerprint density at radius 3 is 1.77 bits per heavy atom. The molecular formula is C14H12N6O2. The van der Waals surface area contributed by atoms with E-state index in [9.17, 15) is 9.59 Å². The second-order valence-electron chi connectivity index (χ2n) is 4.36. The van der Waals surface area contributed by atoms with Gasteiger partial charge in [-0.2, -0.15) is 0 Å². The fourth-order valence-corrected chi connectivity index (χ4v) is 1.83. The minimum Gasteiger partial charge on any atom is -0.331 e. The molecule has 0 saturated carbocycles. The van der Waals surface area contributed by atoms with Crippen molar-refractivity contribution in [3.05, 3.63) is 60.2 Å². The molecule has 2 amide bonds. The molecule has 0 bridgehead atoms. The SMILES string of the molecule is O=C(Nc1ncc[nH]1)c1cccc(C(=O)Nc2ncc[nH]2)c1. The molecule has 1 aromatic carbocycles. The molecule has 0 atom stereocenters. The van der Waals surface area contributed by atoms with Gasteiger partial charge in [-0.05, 0) is 18.2 Å². The van der Waals surface area contributed by atoms with E-state index in [2.05, 4.69) is 30.6 Å². The second-order valence-corrected chi connectivity index (χ2v) is 4.36. The van der Waals surface area contributed by atoms with Gasteiger partial charge in [0.25, 0.3) is 11.8 Å². The maximum atomic E-state index is 12.1. The first kappa shape index (κ1) is 13.6. The van der Waals surface area contributed by atoms with Gasteiger partial charge in [0.2, 0.25) is 11.9 Å². The molecule has 0 aliphatic carbocycles. The molecular weight excluding hydrogens is 284 g/mol. The fourth-order valence-electron chi connectivity index (χ4n) is 1.83. The monoisotopic (exact) mass is 296 g/mol. The molecule has 0 spiro atoms. The Bertz CT molecular complexity index is 716. The van der Waals surface area contributed by atoms with Crippen molar-refractivity contribution in [2.75, 3.05) is 10.6 Å². The van der Waals surface area contributed by atoms with Crippen LogP contribution in [0.5, 0.6) is 0 Å². The molecule has 2 heterocycles. The summed E-state index contributed by atoms with van der Waals surface area (Å²) in [7, 11) is 0. The van der Waals surface area contributed by atoms with Crippen LogP contribution >= 0.6 is 0 Å². The van der Waals surface area contributed by atoms with E-state index >= 15 is 0 Å². The van der Waals surface area contributed by atoms with E-state index in [4.69, 9.17) is 0 Å². The largest absolute Gasteiger partial charge is 0.331 e. The summed E-state index contributed by atoms with van der Waals surface area (Å²) in [6.07, 6.45) is 6.26. The van der Waals surface area contributed by atoms with E-state index in [0.717, 1.165) is 0 Å². The lowest BCUT2D eigenvalue weighted by Crippen LogP contribution is -2.16. The molecule has 4 N–H and O–H groups in total. The summed E-state index contributed by atoms with van der Waals surface area (Å²) in [5, 5.41) is 5.19. The summed E-state index contributed by atoms with van der Waals surface area (Å²) in [5.74, 6) is -0.0314. The van der Waals surface area contributed by atoms with E-state index in [1.165, 1.54) is 18.5 Å². The third kappa shape index (κ3) is 3.01. The number of benzene rings is 1. The highest BCUT2D eigenvalue weighted by Crippen LogP contribution is 2.09. The summed E-state index contributed by atoms with van der Waals surface area (Å²) in [5.41, 5.74) is 0.701. The van der Waals surface area contributed by atoms with Crippen molar-refractivity contribution in [2.45, 2.75) is 0 Å². The predicted molar refractivity (Wildman–Crippen MR) is 79.5 cm³/mol. The van der Waals surface area contributed by atoms with Crippen LogP contribution in [0.3, 0.4) is 0 Å². The van der Waals surface area contributed by atoms with Gasteiger partial charge in [0.05, 0.1) is 0 Å². The van der Waals surface area contributed by atoms with E-state index in [0.29, 0.717) is 23.0 Å². The minimum absolute atomic E-state index is 0.343. The number of aromatic nitrogens is 4. The van der Waals surface area contributed by atoms with Gasteiger partial charge >= 0.3 is 0 Å². The Labute approximate surface area is 125 Å².